The zero-order chi connectivity index (χ0) is 16.7. The van der Waals surface area contributed by atoms with Crippen LogP contribution in [0.5, 0.6) is 0 Å². The molecule has 10 heteroatoms. The first-order valence-corrected chi connectivity index (χ1v) is 8.27. The molecule has 2 N–H and O–H groups in total. The fraction of sp³-hybridized carbons (Fsp3) is 0.154. The van der Waals surface area contributed by atoms with Gasteiger partial charge in [0, 0.05) is 5.69 Å². The molecule has 2 rings (SSSR count). The smallest absolute Gasteiger partial charge is 0.400 e. The zero-order valence-corrected chi connectivity index (χ0v) is 13.1. The Kier molecular flexibility index (Phi) is 5.51. The topological polar surface area (TPSA) is 119 Å². The third-order valence-electron chi connectivity index (χ3n) is 2.53. The molecule has 0 aliphatic rings. The van der Waals surface area contributed by atoms with Gasteiger partial charge in [0.1, 0.15) is 4.92 Å². The SMILES string of the molecule is CCOP(=O)(N/N=C/c1ccc([N+](=O)[O-])o1)Nc1ccccc1. The maximum Gasteiger partial charge on any atom is 0.433 e. The molecule has 0 saturated heterocycles. The monoisotopic (exact) mass is 338 g/mol. The lowest BCUT2D eigenvalue weighted by Gasteiger charge is -2.18. The van der Waals surface area contributed by atoms with Crippen molar-refractivity contribution in [1.29, 1.82) is 0 Å². The maximum absolute atomic E-state index is 12.6. The lowest BCUT2D eigenvalue weighted by atomic mass is 10.3. The Labute approximate surface area is 132 Å². The van der Waals surface area contributed by atoms with Crippen molar-refractivity contribution in [2.24, 2.45) is 5.10 Å². The van der Waals surface area contributed by atoms with Crippen LogP contribution in [0.15, 0.2) is 52.0 Å². The van der Waals surface area contributed by atoms with E-state index < -0.39 is 18.5 Å². The molecule has 0 aliphatic heterocycles. The molecule has 1 heterocycles. The van der Waals surface area contributed by atoms with Crippen LogP contribution in [0, 0.1) is 10.1 Å². The minimum atomic E-state index is -3.46. The van der Waals surface area contributed by atoms with Gasteiger partial charge in [0.05, 0.1) is 18.9 Å². The van der Waals surface area contributed by atoms with Crippen molar-refractivity contribution in [2.75, 3.05) is 11.7 Å². The van der Waals surface area contributed by atoms with Gasteiger partial charge in [-0.05, 0) is 25.1 Å². The van der Waals surface area contributed by atoms with Gasteiger partial charge in [0.15, 0.2) is 5.76 Å². The normalized spacial score (nSPS) is 13.6. The molecule has 0 spiro atoms. The second kappa shape index (κ2) is 7.57. The van der Waals surface area contributed by atoms with Crippen molar-refractivity contribution in [2.45, 2.75) is 6.92 Å². The summed E-state index contributed by atoms with van der Waals surface area (Å²) in [7, 11) is -3.46. The number of hydrazone groups is 1. The number of anilines is 1. The van der Waals surface area contributed by atoms with Gasteiger partial charge in [-0.25, -0.2) is 9.76 Å². The number of hydrogen-bond donors (Lipinski definition) is 2. The third kappa shape index (κ3) is 4.94. The highest BCUT2D eigenvalue weighted by Gasteiger charge is 2.21. The van der Waals surface area contributed by atoms with Crippen molar-refractivity contribution in [3.63, 3.8) is 0 Å². The van der Waals surface area contributed by atoms with Gasteiger partial charge in [-0.15, -0.1) is 0 Å². The van der Waals surface area contributed by atoms with Gasteiger partial charge < -0.3 is 4.42 Å². The number of furan rings is 1. The third-order valence-corrected chi connectivity index (χ3v) is 4.09. The van der Waals surface area contributed by atoms with Gasteiger partial charge in [0.2, 0.25) is 0 Å². The summed E-state index contributed by atoms with van der Waals surface area (Å²) in [5.74, 6) is -0.256. The molecule has 1 atom stereocenters. The molecular formula is C13H15N4O5P. The van der Waals surface area contributed by atoms with Gasteiger partial charge in [-0.2, -0.15) is 5.10 Å². The number of nitrogens with zero attached hydrogens (tertiary/aromatic N) is 2. The van der Waals surface area contributed by atoms with Crippen LogP contribution in [0.25, 0.3) is 0 Å². The number of benzene rings is 1. The van der Waals surface area contributed by atoms with E-state index in [1.165, 1.54) is 18.3 Å². The van der Waals surface area contributed by atoms with E-state index in [0.29, 0.717) is 5.69 Å². The molecule has 0 fully saturated rings. The number of nitro groups is 1. The van der Waals surface area contributed by atoms with E-state index in [1.54, 1.807) is 31.2 Å². The van der Waals surface area contributed by atoms with Crippen molar-refractivity contribution >= 4 is 25.5 Å². The molecule has 1 aromatic carbocycles. The number of para-hydroxylation sites is 1. The van der Waals surface area contributed by atoms with E-state index in [9.17, 15) is 14.7 Å². The fourth-order valence-electron chi connectivity index (χ4n) is 1.63. The van der Waals surface area contributed by atoms with Crippen LogP contribution >= 0.6 is 7.67 Å². The van der Waals surface area contributed by atoms with Gasteiger partial charge in [-0.1, -0.05) is 18.2 Å². The first-order chi connectivity index (χ1) is 11.0. The molecule has 9 nitrogen and oxygen atoms in total. The predicted molar refractivity (Wildman–Crippen MR) is 85.4 cm³/mol. The van der Waals surface area contributed by atoms with Crippen molar-refractivity contribution in [3.05, 3.63) is 58.3 Å². The molecule has 0 saturated carbocycles. The van der Waals surface area contributed by atoms with Crippen LogP contribution in [-0.4, -0.2) is 17.7 Å². The maximum atomic E-state index is 12.6. The number of nitrogens with one attached hydrogen (secondary N) is 2. The quantitative estimate of drug-likeness (QED) is 0.328. The standard InChI is InChI=1S/C13H15N4O5P/c1-2-21-23(20,15-11-6-4-3-5-7-11)16-14-10-12-8-9-13(22-12)17(18)19/h3-10H,2H2,1H3,(H2,15,16,20)/b14-10+. The van der Waals surface area contributed by atoms with E-state index in [4.69, 9.17) is 8.94 Å². The Bertz CT molecular complexity index is 731. The summed E-state index contributed by atoms with van der Waals surface area (Å²) in [5, 5.41) is 19.4. The highest BCUT2D eigenvalue weighted by Crippen LogP contribution is 2.42. The first kappa shape index (κ1) is 16.7. The van der Waals surface area contributed by atoms with Crippen LogP contribution < -0.4 is 10.3 Å². The lowest BCUT2D eigenvalue weighted by Crippen LogP contribution is -2.13. The highest BCUT2D eigenvalue weighted by atomic mass is 31.2. The Morgan fingerprint density at radius 3 is 2.70 bits per heavy atom. The van der Waals surface area contributed by atoms with Gasteiger partial charge in [0.25, 0.3) is 0 Å². The van der Waals surface area contributed by atoms with Gasteiger partial charge >= 0.3 is 13.6 Å². The molecule has 2 aromatic rings. The molecular weight excluding hydrogens is 323 g/mol. The zero-order valence-electron chi connectivity index (χ0n) is 12.2. The second-order valence-corrected chi connectivity index (χ2v) is 6.02. The predicted octanol–water partition coefficient (Wildman–Crippen LogP) is 3.37. The van der Waals surface area contributed by atoms with Crippen molar-refractivity contribution in [3.8, 4) is 0 Å². The molecule has 1 aromatic heterocycles. The Morgan fingerprint density at radius 1 is 1.35 bits per heavy atom. The summed E-state index contributed by atoms with van der Waals surface area (Å²) in [6.45, 7) is 1.90. The molecule has 0 amide bonds. The summed E-state index contributed by atoms with van der Waals surface area (Å²) >= 11 is 0. The Hall–Kier alpha value is -2.64. The van der Waals surface area contributed by atoms with E-state index in [2.05, 4.69) is 15.4 Å². The molecule has 1 unspecified atom stereocenters. The van der Waals surface area contributed by atoms with Crippen LogP contribution in [0.3, 0.4) is 0 Å². The molecule has 0 aliphatic carbocycles. The fourth-order valence-corrected chi connectivity index (χ4v) is 2.86. The average Bonchev–Trinajstić information content (AvgIpc) is 2.97. The number of hydrogen-bond acceptors (Lipinski definition) is 6. The summed E-state index contributed by atoms with van der Waals surface area (Å²) in [4.78, 5) is 9.85. The van der Waals surface area contributed by atoms with Crippen LogP contribution in [0.1, 0.15) is 12.7 Å². The molecule has 0 bridgehead atoms. The van der Waals surface area contributed by atoms with Crippen LogP contribution in [0.4, 0.5) is 11.6 Å². The highest BCUT2D eigenvalue weighted by molar-refractivity contribution is 7.58. The number of rotatable bonds is 8. The largest absolute Gasteiger partial charge is 0.433 e. The molecule has 122 valence electrons. The van der Waals surface area contributed by atoms with Crippen molar-refractivity contribution in [1.82, 2.24) is 5.20 Å². The molecule has 0 radical (unpaired) electrons. The van der Waals surface area contributed by atoms with Crippen molar-refractivity contribution < 1.29 is 18.4 Å². The first-order valence-electron chi connectivity index (χ1n) is 6.65. The van der Waals surface area contributed by atoms with Crippen LogP contribution in [-0.2, 0) is 9.09 Å². The van der Waals surface area contributed by atoms with E-state index in [0.717, 1.165) is 0 Å². The summed E-state index contributed by atoms with van der Waals surface area (Å²) < 4.78 is 22.7. The van der Waals surface area contributed by atoms with E-state index >= 15 is 0 Å². The minimum Gasteiger partial charge on any atom is -0.400 e. The average molecular weight is 338 g/mol. The second-order valence-electron chi connectivity index (χ2n) is 4.24. The lowest BCUT2D eigenvalue weighted by molar-refractivity contribution is -0.402. The van der Waals surface area contributed by atoms with Crippen LogP contribution in [0.2, 0.25) is 0 Å². The Balaban J connectivity index is 2.04. The summed E-state index contributed by atoms with van der Waals surface area (Å²) in [5.41, 5.74) is 0.598. The van der Waals surface area contributed by atoms with E-state index in [-0.39, 0.29) is 12.4 Å². The Morgan fingerprint density at radius 2 is 2.09 bits per heavy atom. The summed E-state index contributed by atoms with van der Waals surface area (Å²) in [6.07, 6.45) is 1.17. The summed E-state index contributed by atoms with van der Waals surface area (Å²) in [6, 6.07) is 11.4. The van der Waals surface area contributed by atoms with Gasteiger partial charge in [-0.3, -0.25) is 19.7 Å². The molecule has 23 heavy (non-hydrogen) atoms. The minimum absolute atomic E-state index is 0.145. The van der Waals surface area contributed by atoms with E-state index in [1.807, 2.05) is 6.07 Å².